The Kier molecular flexibility index (Phi) is 5.03. The molecule has 94 valence electrons. The van der Waals surface area contributed by atoms with Crippen molar-refractivity contribution in [3.63, 3.8) is 0 Å². The molecule has 0 heterocycles. The topological polar surface area (TPSA) is 21.3 Å². The van der Waals surface area contributed by atoms with Gasteiger partial charge < -0.3 is 10.1 Å². The van der Waals surface area contributed by atoms with Crippen LogP contribution in [0.25, 0.3) is 0 Å². The van der Waals surface area contributed by atoms with Gasteiger partial charge in [-0.25, -0.2) is 0 Å². The summed E-state index contributed by atoms with van der Waals surface area (Å²) in [6.07, 6.45) is -0.744. The van der Waals surface area contributed by atoms with Crippen molar-refractivity contribution in [2.45, 2.75) is 6.18 Å². The van der Waals surface area contributed by atoms with Crippen LogP contribution < -0.4 is 10.1 Å². The van der Waals surface area contributed by atoms with Gasteiger partial charge in [0.15, 0.2) is 0 Å². The molecule has 0 aliphatic heterocycles. The van der Waals surface area contributed by atoms with E-state index in [1.165, 1.54) is 12.1 Å². The second-order valence-corrected chi connectivity index (χ2v) is 3.37. The molecule has 1 aromatic rings. The van der Waals surface area contributed by atoms with Crippen LogP contribution in [0.2, 0.25) is 0 Å². The second-order valence-electron chi connectivity index (χ2n) is 3.37. The molecule has 5 heteroatoms. The maximum Gasteiger partial charge on any atom is 0.416 e. The molecule has 0 amide bonds. The molecule has 0 unspecified atom stereocenters. The fourth-order valence-corrected chi connectivity index (χ4v) is 1.18. The predicted molar refractivity (Wildman–Crippen MR) is 60.0 cm³/mol. The van der Waals surface area contributed by atoms with Crippen LogP contribution in [-0.2, 0) is 6.18 Å². The molecule has 0 saturated carbocycles. The lowest BCUT2D eigenvalue weighted by Gasteiger charge is -2.08. The molecule has 17 heavy (non-hydrogen) atoms. The molecule has 0 fully saturated rings. The fraction of sp³-hybridized carbons (Fsp3) is 0.333. The summed E-state index contributed by atoms with van der Waals surface area (Å²) in [5, 5.41) is 2.90. The highest BCUT2D eigenvalue weighted by molar-refractivity contribution is 5.30. The highest BCUT2D eigenvalue weighted by Gasteiger charge is 2.30. The summed E-state index contributed by atoms with van der Waals surface area (Å²) in [6.45, 7) is 0.953. The van der Waals surface area contributed by atoms with Crippen molar-refractivity contribution in [2.24, 2.45) is 0 Å². The first kappa shape index (κ1) is 13.6. The van der Waals surface area contributed by atoms with Crippen LogP contribution in [0, 0.1) is 0 Å². The second kappa shape index (κ2) is 6.30. The summed E-state index contributed by atoms with van der Waals surface area (Å²) in [7, 11) is 1.80. The van der Waals surface area contributed by atoms with E-state index in [1.807, 2.05) is 6.08 Å². The monoisotopic (exact) mass is 245 g/mol. The summed E-state index contributed by atoms with van der Waals surface area (Å²) in [6, 6.07) is 4.84. The minimum atomic E-state index is -4.33. The Morgan fingerprint density at radius 2 is 2.06 bits per heavy atom. The van der Waals surface area contributed by atoms with Crippen LogP contribution in [0.15, 0.2) is 36.4 Å². The third-order valence-electron chi connectivity index (χ3n) is 2.00. The number of nitrogens with one attached hydrogen (secondary N) is 1. The van der Waals surface area contributed by atoms with Crippen molar-refractivity contribution in [1.82, 2.24) is 5.32 Å². The van der Waals surface area contributed by atoms with E-state index in [0.717, 1.165) is 12.1 Å². The van der Waals surface area contributed by atoms with Crippen molar-refractivity contribution in [1.29, 1.82) is 0 Å². The molecule has 0 aliphatic carbocycles. The summed E-state index contributed by atoms with van der Waals surface area (Å²) < 4.78 is 42.3. The van der Waals surface area contributed by atoms with Gasteiger partial charge in [-0.05, 0) is 25.2 Å². The Hall–Kier alpha value is -1.49. The third-order valence-corrected chi connectivity index (χ3v) is 2.00. The highest BCUT2D eigenvalue weighted by Crippen LogP contribution is 2.31. The normalized spacial score (nSPS) is 12.0. The van der Waals surface area contributed by atoms with Crippen molar-refractivity contribution in [2.75, 3.05) is 20.2 Å². The smallest absolute Gasteiger partial charge is 0.416 e. The lowest BCUT2D eigenvalue weighted by atomic mass is 10.2. The van der Waals surface area contributed by atoms with Gasteiger partial charge >= 0.3 is 6.18 Å². The molecular weight excluding hydrogens is 231 g/mol. The van der Waals surface area contributed by atoms with Gasteiger partial charge in [-0.1, -0.05) is 18.2 Å². The number of hydrogen-bond acceptors (Lipinski definition) is 2. The van der Waals surface area contributed by atoms with E-state index in [9.17, 15) is 13.2 Å². The Morgan fingerprint density at radius 1 is 1.29 bits per heavy atom. The number of likely N-dealkylation sites (N-methyl/N-ethyl adjacent to an activating group) is 1. The molecule has 1 aromatic carbocycles. The first-order chi connectivity index (χ1) is 8.04. The highest BCUT2D eigenvalue weighted by atomic mass is 19.4. The number of rotatable bonds is 5. The largest absolute Gasteiger partial charge is 0.490 e. The molecule has 1 rings (SSSR count). The zero-order valence-corrected chi connectivity index (χ0v) is 9.42. The van der Waals surface area contributed by atoms with Crippen LogP contribution >= 0.6 is 0 Å². The van der Waals surface area contributed by atoms with Crippen LogP contribution in [0.5, 0.6) is 5.75 Å². The van der Waals surface area contributed by atoms with Gasteiger partial charge in [0, 0.05) is 6.54 Å². The van der Waals surface area contributed by atoms with Crippen molar-refractivity contribution in [3.8, 4) is 5.75 Å². The number of halogens is 3. The van der Waals surface area contributed by atoms with Crippen LogP contribution in [-0.4, -0.2) is 20.2 Å². The number of hydrogen-bond donors (Lipinski definition) is 1. The van der Waals surface area contributed by atoms with Gasteiger partial charge in [0.05, 0.1) is 5.56 Å². The van der Waals surface area contributed by atoms with Gasteiger partial charge in [-0.2, -0.15) is 13.2 Å². The zero-order valence-electron chi connectivity index (χ0n) is 9.42. The number of ether oxygens (including phenoxy) is 1. The lowest BCUT2D eigenvalue weighted by Crippen LogP contribution is -2.06. The van der Waals surface area contributed by atoms with Crippen molar-refractivity contribution >= 4 is 0 Å². The SMILES string of the molecule is CNC/C=C/COc1cccc(C(F)(F)F)c1. The van der Waals surface area contributed by atoms with Gasteiger partial charge in [0.2, 0.25) is 0 Å². The Labute approximate surface area is 98.1 Å². The Balaban J connectivity index is 2.55. The summed E-state index contributed by atoms with van der Waals surface area (Å²) in [4.78, 5) is 0. The van der Waals surface area contributed by atoms with Crippen molar-refractivity contribution < 1.29 is 17.9 Å². The molecule has 0 atom stereocenters. The van der Waals surface area contributed by atoms with E-state index in [-0.39, 0.29) is 12.4 Å². The van der Waals surface area contributed by atoms with E-state index in [2.05, 4.69) is 5.32 Å². The van der Waals surface area contributed by atoms with Crippen LogP contribution in [0.4, 0.5) is 13.2 Å². The zero-order chi connectivity index (χ0) is 12.7. The van der Waals surface area contributed by atoms with Gasteiger partial charge in [-0.3, -0.25) is 0 Å². The molecule has 0 saturated heterocycles. The predicted octanol–water partition coefficient (Wildman–Crippen LogP) is 2.86. The fourth-order valence-electron chi connectivity index (χ4n) is 1.18. The first-order valence-corrected chi connectivity index (χ1v) is 5.13. The molecule has 0 bridgehead atoms. The Morgan fingerprint density at radius 3 is 2.71 bits per heavy atom. The number of alkyl halides is 3. The van der Waals surface area contributed by atoms with E-state index in [0.29, 0.717) is 6.54 Å². The quantitative estimate of drug-likeness (QED) is 0.805. The van der Waals surface area contributed by atoms with E-state index >= 15 is 0 Å². The summed E-state index contributed by atoms with van der Waals surface area (Å²) in [5.74, 6) is 0.217. The summed E-state index contributed by atoms with van der Waals surface area (Å²) in [5.41, 5.74) is -0.700. The molecule has 2 nitrogen and oxygen atoms in total. The molecule has 1 N–H and O–H groups in total. The Bertz CT molecular complexity index is 374. The molecule has 0 aliphatic rings. The lowest BCUT2D eigenvalue weighted by molar-refractivity contribution is -0.137. The maximum atomic E-state index is 12.4. The van der Waals surface area contributed by atoms with E-state index in [1.54, 1.807) is 13.1 Å². The summed E-state index contributed by atoms with van der Waals surface area (Å²) >= 11 is 0. The van der Waals surface area contributed by atoms with Gasteiger partial charge in [0.25, 0.3) is 0 Å². The van der Waals surface area contributed by atoms with Crippen LogP contribution in [0.1, 0.15) is 5.56 Å². The minimum absolute atomic E-state index is 0.217. The minimum Gasteiger partial charge on any atom is -0.490 e. The van der Waals surface area contributed by atoms with E-state index < -0.39 is 11.7 Å². The molecular formula is C12H14F3NO. The van der Waals surface area contributed by atoms with Gasteiger partial charge in [-0.15, -0.1) is 0 Å². The number of benzene rings is 1. The molecule has 0 radical (unpaired) electrons. The first-order valence-electron chi connectivity index (χ1n) is 5.13. The third kappa shape index (κ3) is 4.91. The van der Waals surface area contributed by atoms with E-state index in [4.69, 9.17) is 4.74 Å². The van der Waals surface area contributed by atoms with Gasteiger partial charge in [0.1, 0.15) is 12.4 Å². The van der Waals surface area contributed by atoms with Crippen LogP contribution in [0.3, 0.4) is 0 Å². The molecule has 0 spiro atoms. The average Bonchev–Trinajstić information content (AvgIpc) is 2.28. The standard InChI is InChI=1S/C12H14F3NO/c1-16-7-2-3-8-17-11-6-4-5-10(9-11)12(13,14)15/h2-6,9,16H,7-8H2,1H3/b3-2+. The maximum absolute atomic E-state index is 12.4. The van der Waals surface area contributed by atoms with Crippen molar-refractivity contribution in [3.05, 3.63) is 42.0 Å². The molecule has 0 aromatic heterocycles. The average molecular weight is 245 g/mol.